The predicted molar refractivity (Wildman–Crippen MR) is 70.5 cm³/mol. The maximum Gasteiger partial charge on any atom is 0.321 e. The van der Waals surface area contributed by atoms with Gasteiger partial charge in [0.25, 0.3) is 0 Å². The summed E-state index contributed by atoms with van der Waals surface area (Å²) in [4.78, 5) is 15.8. The van der Waals surface area contributed by atoms with E-state index < -0.39 is 0 Å². The highest BCUT2D eigenvalue weighted by Crippen LogP contribution is 2.11. The molecule has 0 aromatic heterocycles. The Balaban J connectivity index is 1.84. The van der Waals surface area contributed by atoms with E-state index in [0.29, 0.717) is 25.3 Å². The number of nitrogens with one attached hydrogen (secondary N) is 1. The molecule has 1 saturated heterocycles. The van der Waals surface area contributed by atoms with E-state index in [9.17, 15) is 9.18 Å². The minimum atomic E-state index is -0.370. The number of urea groups is 1. The topological polar surface area (TPSA) is 55.8 Å². The smallest absolute Gasteiger partial charge is 0.321 e. The molecular weight excluding hydrogens is 249 g/mol. The van der Waals surface area contributed by atoms with Crippen molar-refractivity contribution in [2.45, 2.75) is 0 Å². The van der Waals surface area contributed by atoms with E-state index in [1.807, 2.05) is 0 Å². The summed E-state index contributed by atoms with van der Waals surface area (Å²) in [5.41, 5.74) is 0.461. The molecule has 104 valence electrons. The second-order valence-corrected chi connectivity index (χ2v) is 4.49. The van der Waals surface area contributed by atoms with Crippen LogP contribution < -0.4 is 5.32 Å². The number of piperazine rings is 1. The second kappa shape index (κ2) is 6.49. The van der Waals surface area contributed by atoms with Crippen LogP contribution in [0.4, 0.5) is 14.9 Å². The van der Waals surface area contributed by atoms with Crippen molar-refractivity contribution in [2.75, 3.05) is 44.6 Å². The number of carbonyl (C=O) groups is 1. The molecule has 1 heterocycles. The lowest BCUT2D eigenvalue weighted by molar-refractivity contribution is 0.127. The van der Waals surface area contributed by atoms with Crippen molar-refractivity contribution in [1.82, 2.24) is 9.80 Å². The molecular formula is C13H18FN3O2. The summed E-state index contributed by atoms with van der Waals surface area (Å²) in [6, 6.07) is 5.63. The minimum Gasteiger partial charge on any atom is -0.395 e. The van der Waals surface area contributed by atoms with Gasteiger partial charge in [-0.05, 0) is 18.2 Å². The molecule has 1 aliphatic heterocycles. The second-order valence-electron chi connectivity index (χ2n) is 4.49. The number of hydrogen-bond acceptors (Lipinski definition) is 3. The first-order chi connectivity index (χ1) is 9.19. The average molecular weight is 267 g/mol. The van der Waals surface area contributed by atoms with Crippen LogP contribution in [0, 0.1) is 5.82 Å². The summed E-state index contributed by atoms with van der Waals surface area (Å²) in [6.45, 7) is 3.49. The van der Waals surface area contributed by atoms with E-state index in [1.165, 1.54) is 12.1 Å². The highest BCUT2D eigenvalue weighted by molar-refractivity contribution is 5.89. The summed E-state index contributed by atoms with van der Waals surface area (Å²) in [7, 11) is 0. The molecule has 2 rings (SSSR count). The van der Waals surface area contributed by atoms with Gasteiger partial charge in [-0.1, -0.05) is 6.07 Å². The van der Waals surface area contributed by atoms with E-state index in [1.54, 1.807) is 17.0 Å². The van der Waals surface area contributed by atoms with Gasteiger partial charge < -0.3 is 15.3 Å². The van der Waals surface area contributed by atoms with Crippen LogP contribution in [0.3, 0.4) is 0 Å². The van der Waals surface area contributed by atoms with Crippen LogP contribution in [0.25, 0.3) is 0 Å². The maximum absolute atomic E-state index is 13.0. The van der Waals surface area contributed by atoms with E-state index >= 15 is 0 Å². The molecule has 0 aliphatic carbocycles. The van der Waals surface area contributed by atoms with Crippen LogP contribution in [-0.4, -0.2) is 60.3 Å². The summed E-state index contributed by atoms with van der Waals surface area (Å²) in [6.07, 6.45) is 0. The van der Waals surface area contributed by atoms with Crippen LogP contribution in [0.2, 0.25) is 0 Å². The lowest BCUT2D eigenvalue weighted by Crippen LogP contribution is -2.50. The molecule has 2 amide bonds. The fraction of sp³-hybridized carbons (Fsp3) is 0.462. The third-order valence-corrected chi connectivity index (χ3v) is 3.15. The number of carbonyl (C=O) groups excluding carboxylic acids is 1. The number of β-amino-alcohol motifs (C(OH)–C–C–N with tert-alkyl or cyclic N) is 1. The number of amides is 2. The first-order valence-corrected chi connectivity index (χ1v) is 6.34. The van der Waals surface area contributed by atoms with Crippen molar-refractivity contribution in [1.29, 1.82) is 0 Å². The zero-order valence-corrected chi connectivity index (χ0v) is 10.7. The van der Waals surface area contributed by atoms with Crippen molar-refractivity contribution < 1.29 is 14.3 Å². The molecule has 2 N–H and O–H groups in total. The third-order valence-electron chi connectivity index (χ3n) is 3.15. The highest BCUT2D eigenvalue weighted by atomic mass is 19.1. The number of aliphatic hydroxyl groups is 1. The van der Waals surface area contributed by atoms with Gasteiger partial charge in [-0.15, -0.1) is 0 Å². The molecule has 1 aromatic rings. The van der Waals surface area contributed by atoms with E-state index in [0.717, 1.165) is 13.1 Å². The normalized spacial score (nSPS) is 16.4. The van der Waals surface area contributed by atoms with Crippen molar-refractivity contribution in [3.63, 3.8) is 0 Å². The zero-order valence-electron chi connectivity index (χ0n) is 10.7. The maximum atomic E-state index is 13.0. The van der Waals surface area contributed by atoms with Crippen molar-refractivity contribution >= 4 is 11.7 Å². The monoisotopic (exact) mass is 267 g/mol. The molecule has 1 aliphatic rings. The summed E-state index contributed by atoms with van der Waals surface area (Å²) in [5, 5.41) is 11.5. The highest BCUT2D eigenvalue weighted by Gasteiger charge is 2.20. The molecule has 0 bridgehead atoms. The molecule has 0 unspecified atom stereocenters. The Morgan fingerprint density at radius 1 is 1.32 bits per heavy atom. The number of halogens is 1. The first kappa shape index (κ1) is 13.8. The molecule has 1 aromatic carbocycles. The lowest BCUT2D eigenvalue weighted by Gasteiger charge is -2.34. The van der Waals surface area contributed by atoms with Gasteiger partial charge in [0, 0.05) is 38.4 Å². The Labute approximate surface area is 111 Å². The molecule has 5 nitrogen and oxygen atoms in total. The largest absolute Gasteiger partial charge is 0.395 e. The number of aliphatic hydroxyl groups excluding tert-OH is 1. The average Bonchev–Trinajstić information content (AvgIpc) is 2.40. The van der Waals surface area contributed by atoms with Crippen LogP contribution in [0.5, 0.6) is 0 Å². The van der Waals surface area contributed by atoms with E-state index in [4.69, 9.17) is 5.11 Å². The summed E-state index contributed by atoms with van der Waals surface area (Å²) in [5.74, 6) is -0.370. The Kier molecular flexibility index (Phi) is 4.70. The molecule has 0 saturated carbocycles. The van der Waals surface area contributed by atoms with Crippen molar-refractivity contribution in [3.05, 3.63) is 30.1 Å². The van der Waals surface area contributed by atoms with Crippen LogP contribution in [-0.2, 0) is 0 Å². The quantitative estimate of drug-likeness (QED) is 0.858. The number of benzene rings is 1. The fourth-order valence-corrected chi connectivity index (χ4v) is 2.08. The first-order valence-electron chi connectivity index (χ1n) is 6.34. The molecule has 0 spiro atoms. The molecule has 1 fully saturated rings. The van der Waals surface area contributed by atoms with Gasteiger partial charge in [0.05, 0.1) is 6.61 Å². The molecule has 19 heavy (non-hydrogen) atoms. The van der Waals surface area contributed by atoms with Crippen LogP contribution in [0.1, 0.15) is 0 Å². The third kappa shape index (κ3) is 3.90. The summed E-state index contributed by atoms with van der Waals surface area (Å²) < 4.78 is 13.0. The molecule has 0 atom stereocenters. The Hall–Kier alpha value is -1.66. The van der Waals surface area contributed by atoms with E-state index in [-0.39, 0.29) is 18.5 Å². The van der Waals surface area contributed by atoms with Crippen LogP contribution in [0.15, 0.2) is 24.3 Å². The zero-order chi connectivity index (χ0) is 13.7. The van der Waals surface area contributed by atoms with E-state index in [2.05, 4.69) is 10.2 Å². The van der Waals surface area contributed by atoms with Gasteiger partial charge in [-0.25, -0.2) is 9.18 Å². The van der Waals surface area contributed by atoms with Crippen molar-refractivity contribution in [3.8, 4) is 0 Å². The molecule has 6 heteroatoms. The van der Waals surface area contributed by atoms with Gasteiger partial charge in [0.2, 0.25) is 0 Å². The number of anilines is 1. The standard InChI is InChI=1S/C13H18FN3O2/c14-11-2-1-3-12(10-11)15-13(19)17-6-4-16(5-7-17)8-9-18/h1-3,10,18H,4-9H2,(H,15,19). The number of rotatable bonds is 3. The van der Waals surface area contributed by atoms with Gasteiger partial charge in [0.15, 0.2) is 0 Å². The summed E-state index contributed by atoms with van der Waals surface area (Å²) >= 11 is 0. The molecule has 0 radical (unpaired) electrons. The Morgan fingerprint density at radius 2 is 2.05 bits per heavy atom. The van der Waals surface area contributed by atoms with Crippen LogP contribution >= 0.6 is 0 Å². The van der Waals surface area contributed by atoms with Crippen molar-refractivity contribution in [2.24, 2.45) is 0 Å². The fourth-order valence-electron chi connectivity index (χ4n) is 2.08. The number of nitrogens with zero attached hydrogens (tertiary/aromatic N) is 2. The van der Waals surface area contributed by atoms with Gasteiger partial charge in [0.1, 0.15) is 5.82 Å². The lowest BCUT2D eigenvalue weighted by atomic mass is 10.3. The number of hydrogen-bond donors (Lipinski definition) is 2. The SMILES string of the molecule is O=C(Nc1cccc(F)c1)N1CCN(CCO)CC1. The Bertz CT molecular complexity index is 434. The Morgan fingerprint density at radius 3 is 2.68 bits per heavy atom. The minimum absolute atomic E-state index is 0.134. The van der Waals surface area contributed by atoms with Gasteiger partial charge >= 0.3 is 6.03 Å². The predicted octanol–water partition coefficient (Wildman–Crippen LogP) is 0.967. The van der Waals surface area contributed by atoms with Gasteiger partial charge in [-0.3, -0.25) is 4.90 Å². The van der Waals surface area contributed by atoms with Gasteiger partial charge in [-0.2, -0.15) is 0 Å².